The van der Waals surface area contributed by atoms with E-state index in [-0.39, 0.29) is 57.5 Å². The van der Waals surface area contributed by atoms with Gasteiger partial charge >= 0.3 is 51.4 Å². The molecule has 0 heterocycles. The maximum Gasteiger partial charge on any atom is 1.00 e. The van der Waals surface area contributed by atoms with Crippen LogP contribution in [0, 0.1) is 0 Å². The molecule has 0 saturated carbocycles. The molecule has 0 aliphatic carbocycles. The van der Waals surface area contributed by atoms with Crippen molar-refractivity contribution in [3.8, 4) is 0 Å². The number of rotatable bonds is 21. The van der Waals surface area contributed by atoms with Crippen molar-refractivity contribution in [3.05, 3.63) is 0 Å². The molecule has 0 bridgehead atoms. The van der Waals surface area contributed by atoms with Gasteiger partial charge in [0, 0.05) is 5.25 Å². The maximum absolute atomic E-state index is 11.4. The molecule has 29 heavy (non-hydrogen) atoms. The molecule has 170 valence electrons. The van der Waals surface area contributed by atoms with Crippen molar-refractivity contribution >= 4 is 10.1 Å². The molecule has 0 spiro atoms. The monoisotopic (exact) mass is 458 g/mol. The Hall–Kier alpha value is 1.51. The van der Waals surface area contributed by atoms with Gasteiger partial charge in [-0.2, -0.15) is 0 Å². The Morgan fingerprint density at radius 1 is 0.621 bits per heavy atom. The van der Waals surface area contributed by atoms with E-state index in [0.717, 1.165) is 64.2 Å². The Morgan fingerprint density at radius 2 is 0.931 bits per heavy atom. The summed E-state index contributed by atoms with van der Waals surface area (Å²) in [7, 11) is -4.18. The maximum atomic E-state index is 11.4. The molecule has 0 aliphatic rings. The van der Waals surface area contributed by atoms with Crippen molar-refractivity contribution in [2.75, 3.05) is 0 Å². The molecule has 1 N–H and O–H groups in total. The van der Waals surface area contributed by atoms with Crippen molar-refractivity contribution in [3.63, 3.8) is 0 Å². The van der Waals surface area contributed by atoms with Gasteiger partial charge in [-0.15, -0.1) is 0 Å². The van der Waals surface area contributed by atoms with Crippen LogP contribution >= 0.6 is 0 Å². The summed E-state index contributed by atoms with van der Waals surface area (Å²) in [4.78, 5) is 0. The first-order chi connectivity index (χ1) is 13.4. The third-order valence-electron chi connectivity index (χ3n) is 5.74. The largest absolute Gasteiger partial charge is 1.00 e. The molecule has 0 saturated heterocycles. The number of unbranched alkanes of at least 4 members (excludes halogenated alkanes) is 12. The van der Waals surface area contributed by atoms with E-state index in [1.165, 1.54) is 44.9 Å². The molecular weight excluding hydrogens is 411 g/mol. The average Bonchev–Trinajstić information content (AvgIpc) is 2.64. The van der Waals surface area contributed by atoms with Gasteiger partial charge in [-0.1, -0.05) is 110 Å². The fourth-order valence-electron chi connectivity index (χ4n) is 3.82. The SMILES string of the molecule is CCCCCCCCCCC(O)CCCCCC(CCCCCC)S(=O)(=O)[O-].[K+]. The minimum atomic E-state index is -4.18. The van der Waals surface area contributed by atoms with E-state index >= 15 is 0 Å². The van der Waals surface area contributed by atoms with Crippen LogP contribution in [0.1, 0.15) is 136 Å². The van der Waals surface area contributed by atoms with Gasteiger partial charge < -0.3 is 9.66 Å². The molecule has 0 fully saturated rings. The summed E-state index contributed by atoms with van der Waals surface area (Å²) in [5, 5.41) is 9.36. The zero-order chi connectivity index (χ0) is 21.1. The van der Waals surface area contributed by atoms with E-state index in [1.807, 2.05) is 0 Å². The van der Waals surface area contributed by atoms with Crippen LogP contribution in [0.2, 0.25) is 0 Å². The van der Waals surface area contributed by atoms with Crippen LogP contribution in [0.15, 0.2) is 0 Å². The Morgan fingerprint density at radius 3 is 1.34 bits per heavy atom. The molecule has 0 aromatic rings. The summed E-state index contributed by atoms with van der Waals surface area (Å²) >= 11 is 0. The van der Waals surface area contributed by atoms with Crippen LogP contribution < -0.4 is 51.4 Å². The first-order valence-electron chi connectivity index (χ1n) is 12.0. The summed E-state index contributed by atoms with van der Waals surface area (Å²) in [5.74, 6) is 0. The first kappa shape index (κ1) is 32.7. The van der Waals surface area contributed by atoms with Crippen LogP contribution in [-0.2, 0) is 10.1 Å². The number of aliphatic hydroxyl groups excluding tert-OH is 1. The second kappa shape index (κ2) is 22.7. The fraction of sp³-hybridized carbons (Fsp3) is 1.00. The number of aliphatic hydroxyl groups is 1. The van der Waals surface area contributed by atoms with E-state index in [4.69, 9.17) is 0 Å². The zero-order valence-corrected chi connectivity index (χ0v) is 23.6. The van der Waals surface area contributed by atoms with Gasteiger partial charge in [0.25, 0.3) is 0 Å². The molecule has 2 unspecified atom stereocenters. The Balaban J connectivity index is 0. The predicted molar refractivity (Wildman–Crippen MR) is 119 cm³/mol. The smallest absolute Gasteiger partial charge is 0.748 e. The van der Waals surface area contributed by atoms with Crippen molar-refractivity contribution in [2.24, 2.45) is 0 Å². The summed E-state index contributed by atoms with van der Waals surface area (Å²) in [6.45, 7) is 4.35. The van der Waals surface area contributed by atoms with E-state index in [0.29, 0.717) is 12.8 Å². The minimum absolute atomic E-state index is 0. The molecule has 6 heteroatoms. The van der Waals surface area contributed by atoms with Crippen molar-refractivity contribution in [1.82, 2.24) is 0 Å². The van der Waals surface area contributed by atoms with Crippen LogP contribution in [0.25, 0.3) is 0 Å². The van der Waals surface area contributed by atoms with E-state index in [9.17, 15) is 18.1 Å². The summed E-state index contributed by atoms with van der Waals surface area (Å²) in [6.07, 6.45) is 19.3. The van der Waals surface area contributed by atoms with Gasteiger partial charge in [0.05, 0.1) is 16.2 Å². The normalized spacial score (nSPS) is 13.8. The van der Waals surface area contributed by atoms with Crippen LogP contribution in [-0.4, -0.2) is 29.4 Å². The summed E-state index contributed by atoms with van der Waals surface area (Å²) in [6, 6.07) is 0. The standard InChI is InChI=1S/C23H48O4S.K/c1-3-5-7-9-10-11-12-14-18-22(24)19-15-13-17-21-23(28(25,26)27)20-16-8-6-4-2;/h22-24H,3-21H2,1-2H3,(H,25,26,27);/q;+1/p-1. The quantitative estimate of drug-likeness (QED) is 0.162. The average molecular weight is 459 g/mol. The molecule has 0 amide bonds. The van der Waals surface area contributed by atoms with Crippen LogP contribution in [0.4, 0.5) is 0 Å². The van der Waals surface area contributed by atoms with E-state index in [1.54, 1.807) is 0 Å². The second-order valence-corrected chi connectivity index (χ2v) is 10.2. The van der Waals surface area contributed by atoms with Gasteiger partial charge in [-0.25, -0.2) is 8.42 Å². The summed E-state index contributed by atoms with van der Waals surface area (Å²) < 4.78 is 34.2. The predicted octanol–water partition coefficient (Wildman–Crippen LogP) is 3.72. The number of hydrogen-bond acceptors (Lipinski definition) is 4. The zero-order valence-electron chi connectivity index (χ0n) is 19.7. The number of hydrogen-bond donors (Lipinski definition) is 1. The molecule has 0 aromatic carbocycles. The van der Waals surface area contributed by atoms with Crippen molar-refractivity contribution < 1.29 is 69.5 Å². The summed E-state index contributed by atoms with van der Waals surface area (Å²) in [5.41, 5.74) is 0. The molecule has 0 aromatic heterocycles. The molecule has 0 radical (unpaired) electrons. The molecular formula is C23H47KO4S. The van der Waals surface area contributed by atoms with E-state index in [2.05, 4.69) is 13.8 Å². The fourth-order valence-corrected chi connectivity index (χ4v) is 4.73. The van der Waals surface area contributed by atoms with Crippen molar-refractivity contribution in [2.45, 2.75) is 147 Å². The Labute approximate surface area is 224 Å². The van der Waals surface area contributed by atoms with Gasteiger partial charge in [0.15, 0.2) is 0 Å². The first-order valence-corrected chi connectivity index (χ1v) is 13.5. The van der Waals surface area contributed by atoms with Crippen LogP contribution in [0.3, 0.4) is 0 Å². The van der Waals surface area contributed by atoms with Crippen molar-refractivity contribution in [1.29, 1.82) is 0 Å². The third-order valence-corrected chi connectivity index (χ3v) is 7.03. The molecule has 0 aliphatic heterocycles. The van der Waals surface area contributed by atoms with E-state index < -0.39 is 15.4 Å². The molecule has 0 rings (SSSR count). The van der Waals surface area contributed by atoms with Gasteiger partial charge in [-0.05, 0) is 25.7 Å². The Kier molecular flexibility index (Phi) is 25.6. The second-order valence-electron chi connectivity index (χ2n) is 8.52. The van der Waals surface area contributed by atoms with Crippen LogP contribution in [0.5, 0.6) is 0 Å². The molecule has 4 nitrogen and oxygen atoms in total. The van der Waals surface area contributed by atoms with Gasteiger partial charge in [0.1, 0.15) is 0 Å². The van der Waals surface area contributed by atoms with Gasteiger partial charge in [0.2, 0.25) is 0 Å². The minimum Gasteiger partial charge on any atom is -0.748 e. The topological polar surface area (TPSA) is 77.4 Å². The third kappa shape index (κ3) is 22.5. The molecule has 2 atom stereocenters. The Bertz CT molecular complexity index is 429. The van der Waals surface area contributed by atoms with Gasteiger partial charge in [-0.3, -0.25) is 0 Å².